The van der Waals surface area contributed by atoms with Crippen LogP contribution in [0.4, 0.5) is 0 Å². The highest BCUT2D eigenvalue weighted by atomic mass is 16.6. The lowest BCUT2D eigenvalue weighted by molar-refractivity contribution is -0.198. The molecule has 1 aromatic carbocycles. The molecule has 15 heteroatoms. The lowest BCUT2D eigenvalue weighted by Crippen LogP contribution is -2.60. The van der Waals surface area contributed by atoms with Crippen molar-refractivity contribution in [3.05, 3.63) is 60.2 Å². The van der Waals surface area contributed by atoms with Crippen LogP contribution in [-0.2, 0) is 61.9 Å². The lowest BCUT2D eigenvalue weighted by Gasteiger charge is -2.46. The van der Waals surface area contributed by atoms with E-state index in [-0.39, 0.29) is 11.1 Å². The van der Waals surface area contributed by atoms with Gasteiger partial charge >= 0.3 is 41.8 Å². The number of rotatable bonds is 10. The molecule has 0 radical (unpaired) electrons. The monoisotopic (exact) mass is 814 g/mol. The Labute approximate surface area is 339 Å². The molecular weight excluding hydrogens is 756 g/mol. The highest BCUT2D eigenvalue weighted by Gasteiger charge is 2.70. The highest BCUT2D eigenvalue weighted by molar-refractivity contribution is 5.89. The molecule has 0 aromatic heterocycles. The van der Waals surface area contributed by atoms with Gasteiger partial charge in [-0.05, 0) is 19.1 Å². The number of hydrogen-bond acceptors (Lipinski definition) is 15. The maximum absolute atomic E-state index is 14.0. The molecule has 10 atom stereocenters. The largest absolute Gasteiger partial charge is 0.458 e. The molecule has 2 aliphatic rings. The Bertz CT molecular complexity index is 1760. The third kappa shape index (κ3) is 10.9. The van der Waals surface area contributed by atoms with Crippen molar-refractivity contribution >= 4 is 41.8 Å². The molecule has 0 aliphatic heterocycles. The van der Waals surface area contributed by atoms with Crippen LogP contribution in [0.5, 0.6) is 0 Å². The van der Waals surface area contributed by atoms with Crippen LogP contribution in [0.3, 0.4) is 0 Å². The van der Waals surface area contributed by atoms with Gasteiger partial charge in [-0.25, -0.2) is 4.79 Å². The number of carbonyl (C=O) groups is 7. The van der Waals surface area contributed by atoms with E-state index in [1.165, 1.54) is 46.8 Å². The van der Waals surface area contributed by atoms with Crippen LogP contribution in [0.15, 0.2) is 54.6 Å². The molecule has 3 rings (SSSR count). The van der Waals surface area contributed by atoms with E-state index in [1.807, 2.05) is 0 Å². The second kappa shape index (κ2) is 18.7. The lowest BCUT2D eigenvalue weighted by atomic mass is 9.71. The summed E-state index contributed by atoms with van der Waals surface area (Å²) < 4.78 is 42.0. The normalized spacial score (nSPS) is 30.8. The zero-order valence-electron chi connectivity index (χ0n) is 35.4. The fourth-order valence-corrected chi connectivity index (χ4v) is 7.66. The molecular formula is C43H58O15. The number of carbonyl (C=O) groups excluding carboxylic acids is 7. The van der Waals surface area contributed by atoms with Crippen molar-refractivity contribution in [2.75, 3.05) is 0 Å². The van der Waals surface area contributed by atoms with E-state index >= 15 is 0 Å². The van der Waals surface area contributed by atoms with Crippen LogP contribution < -0.4 is 0 Å². The number of fused-ring (bicyclic) bond motifs is 1. The van der Waals surface area contributed by atoms with E-state index < -0.39 is 125 Å². The molecule has 2 aliphatic carbocycles. The van der Waals surface area contributed by atoms with Crippen LogP contribution in [0, 0.1) is 29.1 Å². The molecule has 320 valence electrons. The molecule has 0 spiro atoms. The Morgan fingerprint density at radius 1 is 0.690 bits per heavy atom. The molecule has 0 amide bonds. The van der Waals surface area contributed by atoms with Gasteiger partial charge in [0.25, 0.3) is 0 Å². The Balaban J connectivity index is 2.63. The fourth-order valence-electron chi connectivity index (χ4n) is 7.66. The van der Waals surface area contributed by atoms with Crippen molar-refractivity contribution in [3.8, 4) is 0 Å². The van der Waals surface area contributed by atoms with Gasteiger partial charge in [-0.15, -0.1) is 0 Å². The number of aliphatic hydroxyl groups is 1. The van der Waals surface area contributed by atoms with Gasteiger partial charge in [0.2, 0.25) is 0 Å². The Morgan fingerprint density at radius 3 is 1.67 bits per heavy atom. The molecule has 1 N–H and O–H groups in total. The summed E-state index contributed by atoms with van der Waals surface area (Å²) in [5.74, 6) is -10.2. The Morgan fingerprint density at radius 2 is 1.19 bits per heavy atom. The molecule has 0 saturated heterocycles. The maximum atomic E-state index is 14.0. The van der Waals surface area contributed by atoms with E-state index in [1.54, 1.807) is 51.1 Å². The molecule has 1 aromatic rings. The van der Waals surface area contributed by atoms with Gasteiger partial charge in [0.15, 0.2) is 24.4 Å². The molecule has 0 unspecified atom stereocenters. The first-order valence-corrected chi connectivity index (χ1v) is 19.2. The topological polar surface area (TPSA) is 204 Å². The van der Waals surface area contributed by atoms with Gasteiger partial charge in [-0.2, -0.15) is 0 Å². The minimum atomic E-state index is -2.43. The number of ether oxygens (including phenoxy) is 7. The van der Waals surface area contributed by atoms with Crippen LogP contribution in [-0.4, -0.2) is 94.7 Å². The van der Waals surface area contributed by atoms with Crippen molar-refractivity contribution in [3.63, 3.8) is 0 Å². The molecule has 0 bridgehead atoms. The van der Waals surface area contributed by atoms with Gasteiger partial charge in [-0.1, -0.05) is 85.4 Å². The minimum Gasteiger partial charge on any atom is -0.458 e. The smallest absolute Gasteiger partial charge is 0.338 e. The zero-order valence-corrected chi connectivity index (χ0v) is 35.4. The predicted octanol–water partition coefficient (Wildman–Crippen LogP) is 5.00. The van der Waals surface area contributed by atoms with Gasteiger partial charge in [0.1, 0.15) is 23.4 Å². The predicted molar refractivity (Wildman–Crippen MR) is 206 cm³/mol. The van der Waals surface area contributed by atoms with Crippen molar-refractivity contribution in [1.29, 1.82) is 0 Å². The van der Waals surface area contributed by atoms with E-state index in [0.717, 1.165) is 27.7 Å². The number of benzene rings is 1. The quantitative estimate of drug-likeness (QED) is 0.187. The second-order valence-electron chi connectivity index (χ2n) is 16.6. The number of esters is 7. The summed E-state index contributed by atoms with van der Waals surface area (Å²) in [6, 6.07) is 7.93. The molecule has 0 heterocycles. The van der Waals surface area contributed by atoms with E-state index in [0.29, 0.717) is 0 Å². The molecule has 1 saturated carbocycles. The first-order valence-electron chi connectivity index (χ1n) is 19.2. The van der Waals surface area contributed by atoms with E-state index in [9.17, 15) is 38.7 Å². The van der Waals surface area contributed by atoms with E-state index in [4.69, 9.17) is 33.2 Å². The van der Waals surface area contributed by atoms with Crippen LogP contribution in [0.25, 0.3) is 0 Å². The second-order valence-corrected chi connectivity index (χ2v) is 16.6. The maximum Gasteiger partial charge on any atom is 0.338 e. The Hall–Kier alpha value is -5.05. The standard InChI is InChI=1S/C43H58O15/c1-22(2)38(48)55-32-25(6)33(56-39(49)23(3)4)34(52-26(7)44)37(54-28(9)46)41(11,12)20-19-24(5)35(57-40(50)30-17-15-14-16-18-30)43(51)21-42(13,58-29(10)47)36(31(32)43)53-27(8)45/h14-20,22-24,31-37,51H,6,21H2,1-5,7-13H3/t24-,31-,32-,33-,34+,35-,36+,37+,42+,43+/m0/s1. The minimum absolute atomic E-state index is 0.120. The summed E-state index contributed by atoms with van der Waals surface area (Å²) in [5, 5.41) is 13.5. The highest BCUT2D eigenvalue weighted by Crippen LogP contribution is 2.54. The van der Waals surface area contributed by atoms with Crippen molar-refractivity contribution in [2.45, 2.75) is 137 Å². The third-order valence-electron chi connectivity index (χ3n) is 10.3. The molecule has 58 heavy (non-hydrogen) atoms. The fraction of sp³-hybridized carbons (Fsp3) is 0.605. The third-order valence-corrected chi connectivity index (χ3v) is 10.3. The van der Waals surface area contributed by atoms with E-state index in [2.05, 4.69) is 6.58 Å². The Kier molecular flexibility index (Phi) is 15.2. The van der Waals surface area contributed by atoms with Gasteiger partial charge < -0.3 is 38.3 Å². The van der Waals surface area contributed by atoms with Gasteiger partial charge in [-0.3, -0.25) is 28.8 Å². The summed E-state index contributed by atoms with van der Waals surface area (Å²) in [6.07, 6.45) is -7.34. The molecule has 15 nitrogen and oxygen atoms in total. The van der Waals surface area contributed by atoms with Crippen LogP contribution in [0.1, 0.15) is 99.9 Å². The van der Waals surface area contributed by atoms with Crippen molar-refractivity contribution < 1.29 is 71.8 Å². The van der Waals surface area contributed by atoms with Gasteiger partial charge in [0.05, 0.1) is 23.3 Å². The summed E-state index contributed by atoms with van der Waals surface area (Å²) in [4.78, 5) is 92.9. The SMILES string of the molecule is C=C1[C@H](OC(=O)C(C)C)[C@@H](OC(C)=O)[C@@H](OC(C)=O)C(C)(C)C=C[C@H](C)[C@H](OC(=O)c2ccccc2)[C@@]2(O)C[C@@](C)(OC(C)=O)[C@H](OC(C)=O)[C@@H]2[C@H]1OC(=O)C(C)C. The summed E-state index contributed by atoms with van der Waals surface area (Å²) in [7, 11) is 0. The summed E-state index contributed by atoms with van der Waals surface area (Å²) in [6.45, 7) is 21.1. The van der Waals surface area contributed by atoms with Crippen molar-refractivity contribution in [2.24, 2.45) is 29.1 Å². The average molecular weight is 815 g/mol. The first-order chi connectivity index (χ1) is 26.7. The zero-order chi connectivity index (χ0) is 44.1. The molecule has 1 fully saturated rings. The first kappa shape index (κ1) is 47.3. The van der Waals surface area contributed by atoms with Crippen LogP contribution in [0.2, 0.25) is 0 Å². The van der Waals surface area contributed by atoms with Gasteiger partial charge in [0, 0.05) is 51.0 Å². The average Bonchev–Trinajstić information content (AvgIpc) is 3.32. The number of hydrogen-bond donors (Lipinski definition) is 1. The summed E-state index contributed by atoms with van der Waals surface area (Å²) in [5.41, 5.74) is -5.79. The van der Waals surface area contributed by atoms with Crippen LogP contribution >= 0.6 is 0 Å². The van der Waals surface area contributed by atoms with Crippen molar-refractivity contribution in [1.82, 2.24) is 0 Å². The summed E-state index contributed by atoms with van der Waals surface area (Å²) >= 11 is 0.